The summed E-state index contributed by atoms with van der Waals surface area (Å²) < 4.78 is 0. The van der Waals surface area contributed by atoms with Gasteiger partial charge in [0.25, 0.3) is 0 Å². The maximum Gasteiger partial charge on any atom is 0.167 e. The van der Waals surface area contributed by atoms with E-state index in [4.69, 9.17) is 5.73 Å². The van der Waals surface area contributed by atoms with Gasteiger partial charge in [0.2, 0.25) is 0 Å². The molecule has 1 atom stereocenters. The second kappa shape index (κ2) is 5.47. The van der Waals surface area contributed by atoms with E-state index < -0.39 is 6.10 Å². The normalized spacial score (nSPS) is 12.1. The van der Waals surface area contributed by atoms with Gasteiger partial charge >= 0.3 is 0 Å². The van der Waals surface area contributed by atoms with Crippen LogP contribution in [0.4, 0.5) is 5.69 Å². The number of carbonyl (C=O) groups excluding carboxylic acids is 1. The Morgan fingerprint density at radius 1 is 1.06 bits per heavy atom. The molecule has 0 radical (unpaired) electrons. The van der Waals surface area contributed by atoms with Crippen molar-refractivity contribution in [3.63, 3.8) is 0 Å². The SMILES string of the molecule is Nc1ccccc1C(=O)CC(O)c1ccccc1. The third-order valence-corrected chi connectivity index (χ3v) is 2.82. The molecule has 18 heavy (non-hydrogen) atoms. The number of aliphatic hydroxyl groups is 1. The first-order valence-corrected chi connectivity index (χ1v) is 5.79. The molecule has 0 heterocycles. The van der Waals surface area contributed by atoms with Crippen LogP contribution in [-0.4, -0.2) is 10.9 Å². The molecular formula is C15H15NO2. The number of hydrogen-bond donors (Lipinski definition) is 2. The van der Waals surface area contributed by atoms with Crippen molar-refractivity contribution in [2.24, 2.45) is 0 Å². The number of ketones is 1. The van der Waals surface area contributed by atoms with Gasteiger partial charge in [0.15, 0.2) is 5.78 Å². The van der Waals surface area contributed by atoms with Crippen molar-refractivity contribution in [2.75, 3.05) is 5.73 Å². The number of rotatable bonds is 4. The number of anilines is 1. The molecule has 0 fully saturated rings. The summed E-state index contributed by atoms with van der Waals surface area (Å²) >= 11 is 0. The average molecular weight is 241 g/mol. The van der Waals surface area contributed by atoms with Crippen molar-refractivity contribution in [1.29, 1.82) is 0 Å². The first-order valence-electron chi connectivity index (χ1n) is 5.79. The lowest BCUT2D eigenvalue weighted by atomic mass is 9.99. The molecule has 3 N–H and O–H groups in total. The third-order valence-electron chi connectivity index (χ3n) is 2.82. The van der Waals surface area contributed by atoms with Gasteiger partial charge in [-0.3, -0.25) is 4.79 Å². The van der Waals surface area contributed by atoms with Crippen molar-refractivity contribution in [2.45, 2.75) is 12.5 Å². The van der Waals surface area contributed by atoms with Crippen LogP contribution in [0.25, 0.3) is 0 Å². The molecular weight excluding hydrogens is 226 g/mol. The molecule has 0 bridgehead atoms. The standard InChI is InChI=1S/C15H15NO2/c16-13-9-5-4-8-12(13)15(18)10-14(17)11-6-2-1-3-7-11/h1-9,14,17H,10,16H2. The summed E-state index contributed by atoms with van der Waals surface area (Å²) in [6.45, 7) is 0. The fourth-order valence-electron chi connectivity index (χ4n) is 1.83. The summed E-state index contributed by atoms with van der Waals surface area (Å²) in [5.74, 6) is -0.149. The van der Waals surface area contributed by atoms with Gasteiger partial charge in [-0.15, -0.1) is 0 Å². The zero-order chi connectivity index (χ0) is 13.0. The lowest BCUT2D eigenvalue weighted by Crippen LogP contribution is -2.09. The monoisotopic (exact) mass is 241 g/mol. The summed E-state index contributed by atoms with van der Waals surface area (Å²) in [7, 11) is 0. The molecule has 92 valence electrons. The summed E-state index contributed by atoms with van der Waals surface area (Å²) in [6, 6.07) is 16.0. The fraction of sp³-hybridized carbons (Fsp3) is 0.133. The zero-order valence-electron chi connectivity index (χ0n) is 9.91. The Labute approximate surface area is 106 Å². The van der Waals surface area contributed by atoms with Crippen LogP contribution in [-0.2, 0) is 0 Å². The van der Waals surface area contributed by atoms with Crippen LogP contribution in [0.15, 0.2) is 54.6 Å². The van der Waals surface area contributed by atoms with Crippen LogP contribution in [0.1, 0.15) is 28.4 Å². The summed E-state index contributed by atoms with van der Waals surface area (Å²) in [6.07, 6.45) is -0.753. The number of nitrogens with two attached hydrogens (primary N) is 1. The number of aliphatic hydroxyl groups excluding tert-OH is 1. The van der Waals surface area contributed by atoms with E-state index in [1.54, 1.807) is 36.4 Å². The molecule has 0 aromatic heterocycles. The van der Waals surface area contributed by atoms with Crippen LogP contribution in [0.2, 0.25) is 0 Å². The molecule has 3 heteroatoms. The minimum Gasteiger partial charge on any atom is -0.398 e. The van der Waals surface area contributed by atoms with Gasteiger partial charge in [0.1, 0.15) is 0 Å². The van der Waals surface area contributed by atoms with E-state index >= 15 is 0 Å². The van der Waals surface area contributed by atoms with Crippen LogP contribution in [0, 0.1) is 0 Å². The van der Waals surface area contributed by atoms with Crippen LogP contribution in [0.5, 0.6) is 0 Å². The second-order valence-electron chi connectivity index (χ2n) is 4.14. The summed E-state index contributed by atoms with van der Waals surface area (Å²) in [4.78, 5) is 12.0. The molecule has 0 spiro atoms. The number of hydrogen-bond acceptors (Lipinski definition) is 3. The molecule has 3 nitrogen and oxygen atoms in total. The third kappa shape index (κ3) is 2.76. The number of carbonyl (C=O) groups is 1. The Hall–Kier alpha value is -2.13. The predicted octanol–water partition coefficient (Wildman–Crippen LogP) is 2.58. The van der Waals surface area contributed by atoms with Gasteiger partial charge in [0, 0.05) is 17.7 Å². The van der Waals surface area contributed by atoms with Gasteiger partial charge in [-0.25, -0.2) is 0 Å². The number of benzene rings is 2. The number of Topliss-reactive ketones (excluding diaryl/α,β-unsaturated/α-hetero) is 1. The Morgan fingerprint density at radius 2 is 1.67 bits per heavy atom. The minimum atomic E-state index is -0.793. The van der Waals surface area contributed by atoms with E-state index in [-0.39, 0.29) is 12.2 Å². The largest absolute Gasteiger partial charge is 0.398 e. The zero-order valence-corrected chi connectivity index (χ0v) is 9.91. The van der Waals surface area contributed by atoms with Gasteiger partial charge in [-0.2, -0.15) is 0 Å². The highest BCUT2D eigenvalue weighted by Gasteiger charge is 2.15. The van der Waals surface area contributed by atoms with Gasteiger partial charge < -0.3 is 10.8 Å². The highest BCUT2D eigenvalue weighted by Crippen LogP contribution is 2.21. The topological polar surface area (TPSA) is 63.3 Å². The van der Waals surface area contributed by atoms with Gasteiger partial charge in [0.05, 0.1) is 6.10 Å². The lowest BCUT2D eigenvalue weighted by molar-refractivity contribution is 0.0881. The smallest absolute Gasteiger partial charge is 0.167 e. The van der Waals surface area contributed by atoms with Crippen LogP contribution in [0.3, 0.4) is 0 Å². The number of nitrogen functional groups attached to an aromatic ring is 1. The van der Waals surface area contributed by atoms with Crippen molar-refractivity contribution in [1.82, 2.24) is 0 Å². The second-order valence-corrected chi connectivity index (χ2v) is 4.14. The van der Waals surface area contributed by atoms with E-state index in [0.29, 0.717) is 11.3 Å². The molecule has 0 amide bonds. The molecule has 2 aromatic rings. The van der Waals surface area contributed by atoms with E-state index in [9.17, 15) is 9.90 Å². The number of para-hydroxylation sites is 1. The van der Waals surface area contributed by atoms with Crippen molar-refractivity contribution < 1.29 is 9.90 Å². The molecule has 0 aliphatic rings. The van der Waals surface area contributed by atoms with E-state index in [1.165, 1.54) is 0 Å². The van der Waals surface area contributed by atoms with Crippen molar-refractivity contribution >= 4 is 11.5 Å². The molecule has 0 aliphatic carbocycles. The average Bonchev–Trinajstić information content (AvgIpc) is 2.40. The molecule has 0 saturated heterocycles. The van der Waals surface area contributed by atoms with Crippen LogP contribution >= 0.6 is 0 Å². The summed E-state index contributed by atoms with van der Waals surface area (Å²) in [5, 5.41) is 9.98. The highest BCUT2D eigenvalue weighted by atomic mass is 16.3. The van der Waals surface area contributed by atoms with Gasteiger partial charge in [-0.1, -0.05) is 42.5 Å². The quantitative estimate of drug-likeness (QED) is 0.638. The van der Waals surface area contributed by atoms with Gasteiger partial charge in [-0.05, 0) is 17.7 Å². The fourth-order valence-corrected chi connectivity index (χ4v) is 1.83. The van der Waals surface area contributed by atoms with Crippen molar-refractivity contribution in [3.05, 3.63) is 65.7 Å². The maximum absolute atomic E-state index is 12.0. The lowest BCUT2D eigenvalue weighted by Gasteiger charge is -2.11. The predicted molar refractivity (Wildman–Crippen MR) is 71.2 cm³/mol. The molecule has 2 rings (SSSR count). The van der Waals surface area contributed by atoms with E-state index in [0.717, 1.165) is 5.56 Å². The first kappa shape index (κ1) is 12.3. The molecule has 1 unspecified atom stereocenters. The Kier molecular flexibility index (Phi) is 3.75. The highest BCUT2D eigenvalue weighted by molar-refractivity contribution is 6.00. The van der Waals surface area contributed by atoms with Crippen LogP contribution < -0.4 is 5.73 Å². The van der Waals surface area contributed by atoms with E-state index in [2.05, 4.69) is 0 Å². The van der Waals surface area contributed by atoms with E-state index in [1.807, 2.05) is 18.2 Å². The summed E-state index contributed by atoms with van der Waals surface area (Å²) in [5.41, 5.74) is 7.38. The maximum atomic E-state index is 12.0. The Morgan fingerprint density at radius 3 is 2.33 bits per heavy atom. The molecule has 2 aromatic carbocycles. The Balaban J connectivity index is 2.11. The minimum absolute atomic E-state index is 0.0399. The first-order chi connectivity index (χ1) is 8.68. The Bertz CT molecular complexity index is 537. The molecule has 0 saturated carbocycles. The van der Waals surface area contributed by atoms with Crippen molar-refractivity contribution in [3.8, 4) is 0 Å². The molecule has 0 aliphatic heterocycles.